The largest absolute Gasteiger partial charge is 0.351 e. The Bertz CT molecular complexity index is 869. The second kappa shape index (κ2) is 10.8. The van der Waals surface area contributed by atoms with Gasteiger partial charge >= 0.3 is 0 Å². The number of alkyl halides is 1. The molecule has 0 heterocycles. The monoisotopic (exact) mass is 440 g/mol. The zero-order valence-corrected chi connectivity index (χ0v) is 19.4. The quantitative estimate of drug-likeness (QED) is 0.598. The summed E-state index contributed by atoms with van der Waals surface area (Å²) in [5, 5.41) is 3.28. The van der Waals surface area contributed by atoms with Crippen molar-refractivity contribution in [1.82, 2.24) is 10.2 Å². The van der Waals surface area contributed by atoms with Crippen LogP contribution < -0.4 is 5.32 Å². The molecule has 5 heteroatoms. The first-order valence-corrected chi connectivity index (χ1v) is 11.7. The topological polar surface area (TPSA) is 49.4 Å². The van der Waals surface area contributed by atoms with Gasteiger partial charge in [0.15, 0.2) is 0 Å². The van der Waals surface area contributed by atoms with E-state index in [9.17, 15) is 9.59 Å². The minimum Gasteiger partial charge on any atom is -0.351 e. The van der Waals surface area contributed by atoms with Gasteiger partial charge in [-0.2, -0.15) is 0 Å². The predicted octanol–water partition coefficient (Wildman–Crippen LogP) is 5.24. The van der Waals surface area contributed by atoms with E-state index in [-0.39, 0.29) is 23.7 Å². The molecule has 0 spiro atoms. The van der Waals surface area contributed by atoms with E-state index < -0.39 is 6.04 Å². The third-order valence-electron chi connectivity index (χ3n) is 6.62. The van der Waals surface area contributed by atoms with Gasteiger partial charge < -0.3 is 10.2 Å². The molecule has 0 saturated heterocycles. The molecule has 2 aromatic carbocycles. The van der Waals surface area contributed by atoms with Crippen LogP contribution in [-0.2, 0) is 16.1 Å². The fourth-order valence-corrected chi connectivity index (χ4v) is 4.60. The van der Waals surface area contributed by atoms with Crippen molar-refractivity contribution in [3.8, 4) is 0 Å². The van der Waals surface area contributed by atoms with Crippen LogP contribution in [0.4, 0.5) is 0 Å². The van der Waals surface area contributed by atoms with Gasteiger partial charge in [0.05, 0.1) is 0 Å². The molecule has 1 aliphatic carbocycles. The molecule has 0 bridgehead atoms. The molecule has 1 saturated carbocycles. The second-order valence-electron chi connectivity index (χ2n) is 8.84. The summed E-state index contributed by atoms with van der Waals surface area (Å²) in [5.41, 5.74) is 2.87. The average molecular weight is 441 g/mol. The molecule has 4 atom stereocenters. The van der Waals surface area contributed by atoms with Gasteiger partial charge in [-0.15, -0.1) is 11.6 Å². The molecule has 166 valence electrons. The van der Waals surface area contributed by atoms with Gasteiger partial charge in [-0.05, 0) is 36.3 Å². The van der Waals surface area contributed by atoms with Crippen LogP contribution in [0.5, 0.6) is 0 Å². The SMILES string of the molecule is Cc1ccc([C@H](C(=O)N[C@@H]2CCC[C@@H](C)[C@@H]2C)N(Cc2ccccc2)C(=O)CCl)cc1. The number of hydrogen-bond donors (Lipinski definition) is 1. The van der Waals surface area contributed by atoms with E-state index in [1.165, 1.54) is 6.42 Å². The summed E-state index contributed by atoms with van der Waals surface area (Å²) in [6.45, 7) is 6.80. The number of nitrogens with zero attached hydrogens (tertiary/aromatic N) is 1. The van der Waals surface area contributed by atoms with Gasteiger partial charge in [0.2, 0.25) is 11.8 Å². The molecule has 2 amide bonds. The van der Waals surface area contributed by atoms with E-state index >= 15 is 0 Å². The maximum absolute atomic E-state index is 13.7. The highest BCUT2D eigenvalue weighted by atomic mass is 35.5. The van der Waals surface area contributed by atoms with Crippen LogP contribution in [0.2, 0.25) is 0 Å². The fraction of sp³-hybridized carbons (Fsp3) is 0.462. The number of benzene rings is 2. The van der Waals surface area contributed by atoms with Crippen LogP contribution in [0.1, 0.15) is 55.8 Å². The van der Waals surface area contributed by atoms with Crippen molar-refractivity contribution in [3.63, 3.8) is 0 Å². The minimum absolute atomic E-state index is 0.119. The molecule has 4 nitrogen and oxygen atoms in total. The number of rotatable bonds is 7. The van der Waals surface area contributed by atoms with Crippen molar-refractivity contribution in [2.24, 2.45) is 11.8 Å². The minimum atomic E-state index is -0.725. The standard InChI is InChI=1S/C26H33ClN2O2/c1-18-12-14-22(15-13-18)25(26(31)28-23-11-7-8-19(2)20(23)3)29(24(30)16-27)17-21-9-5-4-6-10-21/h4-6,9-10,12-15,19-20,23,25H,7-8,11,16-17H2,1-3H3,(H,28,31)/t19-,20+,23-,25-/m1/s1. The van der Waals surface area contributed by atoms with Crippen molar-refractivity contribution in [2.45, 2.75) is 58.7 Å². The molecule has 3 rings (SSSR count). The highest BCUT2D eigenvalue weighted by Crippen LogP contribution is 2.31. The number of aryl methyl sites for hydroxylation is 1. The van der Waals surface area contributed by atoms with Gasteiger partial charge in [0.1, 0.15) is 11.9 Å². The smallest absolute Gasteiger partial charge is 0.247 e. The van der Waals surface area contributed by atoms with E-state index in [1.807, 2.05) is 61.5 Å². The molecule has 1 aliphatic rings. The first-order valence-electron chi connectivity index (χ1n) is 11.2. The van der Waals surface area contributed by atoms with Crippen LogP contribution in [0.25, 0.3) is 0 Å². The van der Waals surface area contributed by atoms with E-state index in [1.54, 1.807) is 4.90 Å². The summed E-state index contributed by atoms with van der Waals surface area (Å²) in [5.74, 6) is 0.421. The van der Waals surface area contributed by atoms with Gasteiger partial charge in [0, 0.05) is 12.6 Å². The molecular weight excluding hydrogens is 408 g/mol. The first kappa shape index (κ1) is 23.3. The Hall–Kier alpha value is -2.33. The van der Waals surface area contributed by atoms with E-state index in [0.717, 1.165) is 29.5 Å². The maximum Gasteiger partial charge on any atom is 0.247 e. The van der Waals surface area contributed by atoms with Crippen LogP contribution >= 0.6 is 11.6 Å². The Morgan fingerprint density at radius 1 is 1.06 bits per heavy atom. The van der Waals surface area contributed by atoms with Crippen LogP contribution in [-0.4, -0.2) is 28.6 Å². The lowest BCUT2D eigenvalue weighted by molar-refractivity contribution is -0.140. The summed E-state index contributed by atoms with van der Waals surface area (Å²) >= 11 is 5.99. The number of hydrogen-bond acceptors (Lipinski definition) is 2. The lowest BCUT2D eigenvalue weighted by Crippen LogP contribution is -2.50. The third-order valence-corrected chi connectivity index (χ3v) is 6.85. The van der Waals surface area contributed by atoms with E-state index in [4.69, 9.17) is 11.6 Å². The van der Waals surface area contributed by atoms with Crippen LogP contribution in [0.15, 0.2) is 54.6 Å². The fourth-order valence-electron chi connectivity index (χ4n) is 4.45. The Morgan fingerprint density at radius 2 is 1.74 bits per heavy atom. The van der Waals surface area contributed by atoms with E-state index in [2.05, 4.69) is 19.2 Å². The lowest BCUT2D eigenvalue weighted by Gasteiger charge is -2.37. The number of halogens is 1. The maximum atomic E-state index is 13.7. The molecule has 1 fully saturated rings. The van der Waals surface area contributed by atoms with Crippen molar-refractivity contribution in [3.05, 3.63) is 71.3 Å². The summed E-state index contributed by atoms with van der Waals surface area (Å²) in [4.78, 5) is 28.2. The molecule has 2 aromatic rings. The Kier molecular flexibility index (Phi) is 8.14. The zero-order chi connectivity index (χ0) is 22.4. The number of amides is 2. The summed E-state index contributed by atoms with van der Waals surface area (Å²) in [6.07, 6.45) is 3.28. The first-order chi connectivity index (χ1) is 14.9. The van der Waals surface area contributed by atoms with Crippen molar-refractivity contribution in [1.29, 1.82) is 0 Å². The number of carbonyl (C=O) groups excluding carboxylic acids is 2. The van der Waals surface area contributed by atoms with Crippen molar-refractivity contribution in [2.75, 3.05) is 5.88 Å². The summed E-state index contributed by atoms with van der Waals surface area (Å²) < 4.78 is 0. The molecule has 0 radical (unpaired) electrons. The van der Waals surface area contributed by atoms with Gasteiger partial charge in [0.25, 0.3) is 0 Å². The van der Waals surface area contributed by atoms with Crippen LogP contribution in [0, 0.1) is 18.8 Å². The lowest BCUT2D eigenvalue weighted by atomic mass is 9.78. The zero-order valence-electron chi connectivity index (χ0n) is 18.7. The molecule has 31 heavy (non-hydrogen) atoms. The Balaban J connectivity index is 1.94. The summed E-state index contributed by atoms with van der Waals surface area (Å²) in [6, 6.07) is 17.0. The predicted molar refractivity (Wildman–Crippen MR) is 126 cm³/mol. The number of nitrogens with one attached hydrogen (secondary N) is 1. The van der Waals surface area contributed by atoms with Crippen LogP contribution in [0.3, 0.4) is 0 Å². The van der Waals surface area contributed by atoms with Gasteiger partial charge in [-0.3, -0.25) is 9.59 Å². The number of carbonyl (C=O) groups is 2. The molecule has 1 N–H and O–H groups in total. The third kappa shape index (κ3) is 5.88. The van der Waals surface area contributed by atoms with Gasteiger partial charge in [-0.25, -0.2) is 0 Å². The molecular formula is C26H33ClN2O2. The molecule has 0 aromatic heterocycles. The van der Waals surface area contributed by atoms with Crippen molar-refractivity contribution < 1.29 is 9.59 Å². The van der Waals surface area contributed by atoms with E-state index in [0.29, 0.717) is 18.4 Å². The normalized spacial score (nSPS) is 21.9. The van der Waals surface area contributed by atoms with Gasteiger partial charge in [-0.1, -0.05) is 86.8 Å². The summed E-state index contributed by atoms with van der Waals surface area (Å²) in [7, 11) is 0. The Morgan fingerprint density at radius 3 is 2.39 bits per heavy atom. The van der Waals surface area contributed by atoms with Crippen molar-refractivity contribution >= 4 is 23.4 Å². The molecule has 0 unspecified atom stereocenters. The highest BCUT2D eigenvalue weighted by Gasteiger charge is 2.35. The Labute approximate surface area is 191 Å². The second-order valence-corrected chi connectivity index (χ2v) is 9.10. The molecule has 0 aliphatic heterocycles. The highest BCUT2D eigenvalue weighted by molar-refractivity contribution is 6.27. The average Bonchev–Trinajstić information content (AvgIpc) is 2.78.